The molecule has 0 N–H and O–H groups in total. The van der Waals surface area contributed by atoms with Crippen LogP contribution in [-0.2, 0) is 0 Å². The predicted octanol–water partition coefficient (Wildman–Crippen LogP) is 9.72. The number of rotatable bonds is 19. The summed E-state index contributed by atoms with van der Waals surface area (Å²) in [6, 6.07) is 0. The van der Waals surface area contributed by atoms with E-state index in [1.54, 1.807) is 31.7 Å². The van der Waals surface area contributed by atoms with Crippen LogP contribution in [0.3, 0.4) is 0 Å². The molecule has 0 amide bonds. The van der Waals surface area contributed by atoms with Crippen LogP contribution in [-0.4, -0.2) is 28.3 Å². The van der Waals surface area contributed by atoms with Crippen molar-refractivity contribution in [3.05, 3.63) is 0 Å². The van der Waals surface area contributed by atoms with Gasteiger partial charge in [-0.3, -0.25) is 0 Å². The Labute approximate surface area is 189 Å². The maximum Gasteiger partial charge on any atom is 0.262 e. The average molecular weight is 423 g/mol. The molecule has 0 spiro atoms. The molecule has 2 heteroatoms. The molecule has 166 valence electrons. The Morgan fingerprint density at radius 2 is 0.571 bits per heavy atom. The van der Waals surface area contributed by atoms with Crippen LogP contribution in [0.1, 0.15) is 107 Å². The summed E-state index contributed by atoms with van der Waals surface area (Å²) >= 11 is -0.903. The van der Waals surface area contributed by atoms with E-state index >= 15 is 0 Å². The van der Waals surface area contributed by atoms with E-state index in [4.69, 9.17) is 0 Å². The fraction of sp³-hybridized carbons (Fsp3) is 1.00. The lowest BCUT2D eigenvalue weighted by Crippen LogP contribution is -2.17. The minimum Gasteiger partial charge on any atom is -0.0938 e. The van der Waals surface area contributed by atoms with Crippen LogP contribution < -0.4 is 0 Å². The maximum absolute atomic E-state index is 2.43. The van der Waals surface area contributed by atoms with Gasteiger partial charge in [0, 0.05) is 0 Å². The fourth-order valence-corrected chi connectivity index (χ4v) is 13.7. The molecule has 0 heterocycles. The van der Waals surface area contributed by atoms with Gasteiger partial charge >= 0.3 is 0 Å². The van der Waals surface area contributed by atoms with E-state index in [0.717, 1.165) is 23.7 Å². The van der Waals surface area contributed by atoms with E-state index in [1.807, 2.05) is 0 Å². The van der Waals surface area contributed by atoms with Crippen molar-refractivity contribution in [3.63, 3.8) is 0 Å². The van der Waals surface area contributed by atoms with Crippen molar-refractivity contribution in [1.82, 2.24) is 0 Å². The normalized spacial score (nSPS) is 12.0. The summed E-state index contributed by atoms with van der Waals surface area (Å²) in [5, 5.41) is 9.56. The van der Waals surface area contributed by atoms with Gasteiger partial charge in [0.1, 0.15) is 0 Å². The highest BCUT2D eigenvalue weighted by Gasteiger charge is 2.20. The highest BCUT2D eigenvalue weighted by molar-refractivity contribution is 6.59. The van der Waals surface area contributed by atoms with Crippen molar-refractivity contribution < 1.29 is 0 Å². The highest BCUT2D eigenvalue weighted by atomic mass is 27.2. The van der Waals surface area contributed by atoms with E-state index in [9.17, 15) is 0 Å². The molecule has 0 aliphatic heterocycles. The summed E-state index contributed by atoms with van der Waals surface area (Å²) in [5.74, 6) is 3.72. The van der Waals surface area contributed by atoms with E-state index in [0.29, 0.717) is 0 Å². The van der Waals surface area contributed by atoms with Gasteiger partial charge in [-0.15, -0.1) is 0 Å². The number of hydrogen-bond acceptors (Lipinski definition) is 0. The first-order valence-corrected chi connectivity index (χ1v) is 18.1. The van der Waals surface area contributed by atoms with Crippen LogP contribution in [0.15, 0.2) is 0 Å². The minimum absolute atomic E-state index is 0.451. The molecule has 0 fully saturated rings. The molecule has 28 heavy (non-hydrogen) atoms. The molecule has 0 aliphatic carbocycles. The standard InChI is InChI=1S/C10H20.4C4H9.2Al/c1-3-5-7-9-10-8-6-4-2;4*1-4(2)3;;/h1-10H2;4*4H,1H2,2-3H3;;. The van der Waals surface area contributed by atoms with Gasteiger partial charge < -0.3 is 0 Å². The molecule has 0 saturated carbocycles. The van der Waals surface area contributed by atoms with Crippen LogP contribution in [0.4, 0.5) is 0 Å². The van der Waals surface area contributed by atoms with E-state index in [2.05, 4.69) is 55.4 Å². The summed E-state index contributed by atoms with van der Waals surface area (Å²) in [5.41, 5.74) is 0. The Bertz CT molecular complexity index is 270. The summed E-state index contributed by atoms with van der Waals surface area (Å²) in [6.45, 7) is 19.4. The largest absolute Gasteiger partial charge is 0.262 e. The van der Waals surface area contributed by atoms with Gasteiger partial charge in [0.25, 0.3) is 28.3 Å². The molecule has 0 aromatic rings. The predicted molar refractivity (Wildman–Crippen MR) is 137 cm³/mol. The second kappa shape index (κ2) is 18.8. The lowest BCUT2D eigenvalue weighted by molar-refractivity contribution is 0.580. The second-order valence-electron chi connectivity index (χ2n) is 11.7. The SMILES string of the molecule is CC(C)[CH2][Al]([CH2]CCCCCCCC[CH2][Al]([CH2]C(C)C)[CH2]C(C)C)[CH2]C(C)C. The molecule has 0 atom stereocenters. The maximum atomic E-state index is 2.43. The van der Waals surface area contributed by atoms with Crippen molar-refractivity contribution >= 4 is 28.3 Å². The summed E-state index contributed by atoms with van der Waals surface area (Å²) < 4.78 is 0. The van der Waals surface area contributed by atoms with E-state index < -0.39 is 28.3 Å². The van der Waals surface area contributed by atoms with Gasteiger partial charge in [0.2, 0.25) is 0 Å². The summed E-state index contributed by atoms with van der Waals surface area (Å²) in [6.07, 6.45) is 12.1. The van der Waals surface area contributed by atoms with Crippen LogP contribution in [0.5, 0.6) is 0 Å². The topological polar surface area (TPSA) is 0 Å². The van der Waals surface area contributed by atoms with Crippen LogP contribution in [0.2, 0.25) is 31.7 Å². The van der Waals surface area contributed by atoms with Crippen molar-refractivity contribution in [2.75, 3.05) is 0 Å². The van der Waals surface area contributed by atoms with Crippen molar-refractivity contribution in [2.45, 2.75) is 138 Å². The minimum atomic E-state index is -0.451. The summed E-state index contributed by atoms with van der Waals surface area (Å²) in [7, 11) is 0. The average Bonchev–Trinajstić information content (AvgIpc) is 2.54. The molecule has 0 aromatic heterocycles. The Hall–Kier alpha value is 1.06. The quantitative estimate of drug-likeness (QED) is 0.143. The zero-order valence-electron chi connectivity index (χ0n) is 21.4. The molecule has 0 saturated heterocycles. The Balaban J connectivity index is 3.66. The third-order valence-electron chi connectivity index (χ3n) is 6.19. The van der Waals surface area contributed by atoms with Crippen molar-refractivity contribution in [1.29, 1.82) is 0 Å². The second-order valence-corrected chi connectivity index (χ2v) is 18.2. The molecule has 0 radical (unpaired) electrons. The molecular weight excluding hydrogens is 366 g/mol. The van der Waals surface area contributed by atoms with Gasteiger partial charge in [0.15, 0.2) is 0 Å². The van der Waals surface area contributed by atoms with Crippen molar-refractivity contribution in [2.24, 2.45) is 23.7 Å². The molecule has 0 bridgehead atoms. The Kier molecular flexibility index (Phi) is 19.5. The first kappa shape index (κ1) is 29.1. The molecule has 0 nitrogen and oxygen atoms in total. The molecule has 0 rings (SSSR count). The Morgan fingerprint density at radius 1 is 0.357 bits per heavy atom. The highest BCUT2D eigenvalue weighted by Crippen LogP contribution is 2.22. The lowest BCUT2D eigenvalue weighted by Gasteiger charge is -2.16. The monoisotopic (exact) mass is 422 g/mol. The molecular formula is C26H56Al2. The summed E-state index contributed by atoms with van der Waals surface area (Å²) in [4.78, 5) is 0. The fourth-order valence-electron chi connectivity index (χ4n) is 5.26. The van der Waals surface area contributed by atoms with Crippen molar-refractivity contribution in [3.8, 4) is 0 Å². The van der Waals surface area contributed by atoms with Gasteiger partial charge in [-0.05, 0) is 0 Å². The number of unbranched alkanes of at least 4 members (excludes halogenated alkanes) is 7. The lowest BCUT2D eigenvalue weighted by atomic mass is 10.1. The molecule has 0 aromatic carbocycles. The van der Waals surface area contributed by atoms with Crippen LogP contribution in [0, 0.1) is 23.7 Å². The Morgan fingerprint density at radius 3 is 0.786 bits per heavy atom. The zero-order chi connectivity index (χ0) is 21.4. The first-order valence-electron chi connectivity index (χ1n) is 13.2. The van der Waals surface area contributed by atoms with Crippen LogP contribution >= 0.6 is 0 Å². The van der Waals surface area contributed by atoms with Gasteiger partial charge in [-0.2, -0.15) is 0 Å². The zero-order valence-corrected chi connectivity index (χ0v) is 23.7. The van der Waals surface area contributed by atoms with E-state index in [1.165, 1.54) is 51.4 Å². The van der Waals surface area contributed by atoms with Gasteiger partial charge in [-0.1, -0.05) is 162 Å². The van der Waals surface area contributed by atoms with E-state index in [-0.39, 0.29) is 0 Å². The van der Waals surface area contributed by atoms with Gasteiger partial charge in [-0.25, -0.2) is 0 Å². The molecule has 0 unspecified atom stereocenters. The van der Waals surface area contributed by atoms with Gasteiger partial charge in [0.05, 0.1) is 0 Å². The third-order valence-corrected chi connectivity index (χ3v) is 15.1. The smallest absolute Gasteiger partial charge is 0.0938 e. The third kappa shape index (κ3) is 20.3. The van der Waals surface area contributed by atoms with Crippen LogP contribution in [0.25, 0.3) is 0 Å². The number of hydrogen-bond donors (Lipinski definition) is 0. The first-order chi connectivity index (χ1) is 13.2. The molecule has 0 aliphatic rings.